The summed E-state index contributed by atoms with van der Waals surface area (Å²) in [6.45, 7) is 8.67. The predicted octanol–water partition coefficient (Wildman–Crippen LogP) is 0.621. The number of nitrogens with zero attached hydrogens (tertiary/aromatic N) is 4. The number of rotatable bonds is 3. The van der Waals surface area contributed by atoms with E-state index in [1.807, 2.05) is 35.9 Å². The van der Waals surface area contributed by atoms with E-state index in [2.05, 4.69) is 13.8 Å². The van der Waals surface area contributed by atoms with E-state index in [1.165, 1.54) is 5.01 Å². The lowest BCUT2D eigenvalue weighted by Crippen LogP contribution is -2.69. The first-order chi connectivity index (χ1) is 12.0. The molecule has 0 bridgehead atoms. The van der Waals surface area contributed by atoms with E-state index in [-0.39, 0.29) is 10.3 Å². The highest BCUT2D eigenvalue weighted by atomic mass is 32.2. The van der Waals surface area contributed by atoms with Crippen LogP contribution in [0.5, 0.6) is 0 Å². The topological polar surface area (TPSA) is 82.4 Å². The van der Waals surface area contributed by atoms with E-state index in [0.717, 1.165) is 12.1 Å². The van der Waals surface area contributed by atoms with Crippen LogP contribution in [0.1, 0.15) is 19.4 Å². The molecule has 0 aliphatic carbocycles. The molecule has 1 aromatic rings. The predicted molar refractivity (Wildman–Crippen MR) is 98.8 cm³/mol. The van der Waals surface area contributed by atoms with Gasteiger partial charge in [-0.25, -0.2) is 14.1 Å². The van der Waals surface area contributed by atoms with Gasteiger partial charge in [-0.3, -0.25) is 5.84 Å². The number of aryl methyl sites for hydroxylation is 1. The third kappa shape index (κ3) is 3.29. The Labute approximate surface area is 156 Å². The number of hydrogen-bond donors (Lipinski definition) is 1. The van der Waals surface area contributed by atoms with E-state index in [4.69, 9.17) is 10.0 Å². The number of nitrogens with two attached hydrogens (primary N) is 1. The third-order valence-corrected chi connectivity index (χ3v) is 6.32. The fourth-order valence-corrected chi connectivity index (χ4v) is 5.18. The second-order valence-electron chi connectivity index (χ2n) is 8.08. The smallest absolute Gasteiger partial charge is 0.264 e. The normalized spacial score (nSPS) is 28.8. The van der Waals surface area contributed by atoms with E-state index < -0.39 is 16.1 Å². The van der Waals surface area contributed by atoms with Crippen molar-refractivity contribution in [1.29, 1.82) is 0 Å². The maximum Gasteiger partial charge on any atom is 0.301 e. The van der Waals surface area contributed by atoms with E-state index in [0.29, 0.717) is 19.6 Å². The van der Waals surface area contributed by atoms with Crippen LogP contribution in [0.2, 0.25) is 0 Å². The summed E-state index contributed by atoms with van der Waals surface area (Å²) in [5.41, 5.74) is 0.927. The van der Waals surface area contributed by atoms with Crippen LogP contribution in [-0.4, -0.2) is 74.6 Å². The van der Waals surface area contributed by atoms with Crippen LogP contribution in [0.25, 0.3) is 0 Å². The summed E-state index contributed by atoms with van der Waals surface area (Å²) < 4.78 is 32.0. The van der Waals surface area contributed by atoms with Crippen LogP contribution in [0.4, 0.5) is 0 Å². The van der Waals surface area contributed by atoms with Crippen LogP contribution in [0, 0.1) is 12.3 Å². The van der Waals surface area contributed by atoms with E-state index >= 15 is 0 Å². The molecule has 2 fully saturated rings. The van der Waals surface area contributed by atoms with Crippen LogP contribution in [0.15, 0.2) is 29.2 Å². The number of fused-ring (bicyclic) bond motifs is 1. The molecule has 2 aliphatic heterocycles. The average Bonchev–Trinajstić information content (AvgIpc) is 2.80. The van der Waals surface area contributed by atoms with Crippen LogP contribution < -0.4 is 5.84 Å². The van der Waals surface area contributed by atoms with Gasteiger partial charge in [-0.15, -0.1) is 0 Å². The second kappa shape index (κ2) is 6.52. The molecular formula is C17H29N5O3S. The summed E-state index contributed by atoms with van der Waals surface area (Å²) in [6, 6.07) is 6.64. The Morgan fingerprint density at radius 1 is 1.08 bits per heavy atom. The first-order valence-corrected chi connectivity index (χ1v) is 10.1. The monoisotopic (exact) mass is 383 g/mol. The van der Waals surface area contributed by atoms with Gasteiger partial charge in [-0.05, 0) is 31.5 Å². The van der Waals surface area contributed by atoms with Gasteiger partial charge in [0.15, 0.2) is 0 Å². The highest BCUT2D eigenvalue weighted by Crippen LogP contribution is 2.38. The van der Waals surface area contributed by atoms with Crippen molar-refractivity contribution in [2.45, 2.75) is 31.6 Å². The largest absolute Gasteiger partial charge is 0.301 e. The summed E-state index contributed by atoms with van der Waals surface area (Å²) in [4.78, 5) is 2.01. The standard InChI is InChI=1S/C17H29N5O3S/c1-14-6-8-15(9-7-14)26(23,24)25-17-19(4)12-16(2,3)13-20(5)22(17)11-10-21(17)18/h6-9H,10-13,18H2,1-5H3. The van der Waals surface area contributed by atoms with Gasteiger partial charge in [0.05, 0.1) is 4.90 Å². The first kappa shape index (κ1) is 19.7. The summed E-state index contributed by atoms with van der Waals surface area (Å²) in [5, 5.41) is 5.38. The third-order valence-electron chi connectivity index (χ3n) is 5.03. The summed E-state index contributed by atoms with van der Waals surface area (Å²) in [6.07, 6.45) is 0. The fraction of sp³-hybridized carbons (Fsp3) is 0.647. The van der Waals surface area contributed by atoms with Gasteiger partial charge in [-0.1, -0.05) is 31.5 Å². The molecule has 2 saturated heterocycles. The van der Waals surface area contributed by atoms with E-state index in [9.17, 15) is 8.42 Å². The molecule has 0 saturated carbocycles. The van der Waals surface area contributed by atoms with Crippen LogP contribution >= 0.6 is 0 Å². The van der Waals surface area contributed by atoms with Gasteiger partial charge < -0.3 is 0 Å². The molecule has 0 amide bonds. The highest BCUT2D eigenvalue weighted by Gasteiger charge is 2.58. The lowest BCUT2D eigenvalue weighted by Gasteiger charge is -2.46. The quantitative estimate of drug-likeness (QED) is 0.601. The van der Waals surface area contributed by atoms with Crippen molar-refractivity contribution in [3.63, 3.8) is 0 Å². The summed E-state index contributed by atoms with van der Waals surface area (Å²) >= 11 is 0. The van der Waals surface area contributed by atoms with Gasteiger partial charge in [0, 0.05) is 33.2 Å². The minimum atomic E-state index is -4.01. The molecule has 1 atom stereocenters. The molecule has 0 spiro atoms. The molecule has 1 unspecified atom stereocenters. The molecule has 2 heterocycles. The number of hydrazine groups is 2. The Bertz CT molecular complexity index is 767. The van der Waals surface area contributed by atoms with Crippen molar-refractivity contribution in [3.8, 4) is 0 Å². The Morgan fingerprint density at radius 2 is 1.69 bits per heavy atom. The minimum absolute atomic E-state index is 0.0569. The molecule has 9 heteroatoms. The maximum atomic E-state index is 13.0. The minimum Gasteiger partial charge on any atom is -0.264 e. The Morgan fingerprint density at radius 3 is 2.31 bits per heavy atom. The second-order valence-corrected chi connectivity index (χ2v) is 9.62. The summed E-state index contributed by atoms with van der Waals surface area (Å²) in [5.74, 6) is 4.90. The van der Waals surface area contributed by atoms with Gasteiger partial charge in [0.2, 0.25) is 0 Å². The molecule has 8 nitrogen and oxygen atoms in total. The van der Waals surface area contributed by atoms with Gasteiger partial charge >= 0.3 is 10.1 Å². The zero-order valence-corrected chi connectivity index (χ0v) is 17.0. The first-order valence-electron chi connectivity index (χ1n) is 8.73. The van der Waals surface area contributed by atoms with Crippen LogP contribution in [0.3, 0.4) is 0 Å². The molecule has 0 aromatic heterocycles. The molecule has 3 rings (SSSR count). The van der Waals surface area contributed by atoms with Crippen molar-refractivity contribution >= 4 is 10.1 Å². The number of benzene rings is 1. The fourth-order valence-electron chi connectivity index (χ4n) is 4.01. The van der Waals surface area contributed by atoms with Crippen molar-refractivity contribution in [2.24, 2.45) is 11.3 Å². The Hall–Kier alpha value is -1.07. The van der Waals surface area contributed by atoms with Gasteiger partial charge in [-0.2, -0.15) is 18.4 Å². The SMILES string of the molecule is Cc1ccc(S(=O)(=O)OC23N(C)CC(C)(C)CN(C)N2CCN3N)cc1. The Kier molecular flexibility index (Phi) is 4.94. The van der Waals surface area contributed by atoms with Crippen molar-refractivity contribution in [1.82, 2.24) is 19.9 Å². The average molecular weight is 384 g/mol. The van der Waals surface area contributed by atoms with Crippen LogP contribution in [-0.2, 0) is 14.3 Å². The molecular weight excluding hydrogens is 354 g/mol. The molecule has 146 valence electrons. The zero-order valence-electron chi connectivity index (χ0n) is 16.1. The number of hydrogen-bond acceptors (Lipinski definition) is 8. The van der Waals surface area contributed by atoms with Gasteiger partial charge in [0.1, 0.15) is 0 Å². The van der Waals surface area contributed by atoms with Crippen molar-refractivity contribution < 1.29 is 12.6 Å². The highest BCUT2D eigenvalue weighted by molar-refractivity contribution is 7.86. The summed E-state index contributed by atoms with van der Waals surface area (Å²) in [7, 11) is -0.222. The van der Waals surface area contributed by atoms with Gasteiger partial charge in [0.25, 0.3) is 5.97 Å². The maximum absolute atomic E-state index is 13.0. The van der Waals surface area contributed by atoms with Crippen molar-refractivity contribution in [2.75, 3.05) is 40.3 Å². The van der Waals surface area contributed by atoms with E-state index in [1.54, 1.807) is 24.3 Å². The molecule has 2 N–H and O–H groups in total. The molecule has 1 aromatic carbocycles. The molecule has 0 radical (unpaired) electrons. The zero-order chi connectivity index (χ0) is 19.3. The molecule has 26 heavy (non-hydrogen) atoms. The Balaban J connectivity index is 2.04. The molecule has 2 aliphatic rings. The lowest BCUT2D eigenvalue weighted by molar-refractivity contribution is -0.285. The lowest BCUT2D eigenvalue weighted by atomic mass is 9.93. The van der Waals surface area contributed by atoms with Crippen molar-refractivity contribution in [3.05, 3.63) is 29.8 Å².